The van der Waals surface area contributed by atoms with Crippen molar-refractivity contribution < 1.29 is 18.0 Å². The van der Waals surface area contributed by atoms with E-state index in [4.69, 9.17) is 23.2 Å². The molecule has 0 fully saturated rings. The lowest BCUT2D eigenvalue weighted by Gasteiger charge is -2.34. The van der Waals surface area contributed by atoms with Gasteiger partial charge < -0.3 is 10.2 Å². The van der Waals surface area contributed by atoms with E-state index < -0.39 is 28.5 Å². The molecule has 0 aliphatic heterocycles. The first-order valence-corrected chi connectivity index (χ1v) is 15.6. The van der Waals surface area contributed by atoms with Gasteiger partial charge in [0.1, 0.15) is 12.6 Å². The molecule has 0 saturated heterocycles. The van der Waals surface area contributed by atoms with E-state index in [9.17, 15) is 18.0 Å². The number of aryl methyl sites for hydroxylation is 3. The Morgan fingerprint density at radius 2 is 1.54 bits per heavy atom. The Bertz CT molecular complexity index is 1510. The monoisotopic (exact) mass is 617 g/mol. The largest absolute Gasteiger partial charge is 0.352 e. The van der Waals surface area contributed by atoms with Gasteiger partial charge in [0.05, 0.1) is 10.6 Å². The number of hydrogen-bond donors (Lipinski definition) is 1. The van der Waals surface area contributed by atoms with Crippen LogP contribution in [0.1, 0.15) is 49.4 Å². The second-order valence-electron chi connectivity index (χ2n) is 10.5. The number of amides is 2. The predicted molar refractivity (Wildman–Crippen MR) is 166 cm³/mol. The maximum Gasteiger partial charge on any atom is 0.264 e. The van der Waals surface area contributed by atoms with Gasteiger partial charge in [0.2, 0.25) is 11.8 Å². The van der Waals surface area contributed by atoms with Crippen LogP contribution in [0.5, 0.6) is 0 Å². The predicted octanol–water partition coefficient (Wildman–Crippen LogP) is 6.45. The van der Waals surface area contributed by atoms with Crippen LogP contribution < -0.4 is 9.62 Å². The first-order valence-electron chi connectivity index (χ1n) is 13.4. The van der Waals surface area contributed by atoms with Gasteiger partial charge >= 0.3 is 0 Å². The average molecular weight is 619 g/mol. The van der Waals surface area contributed by atoms with Gasteiger partial charge in [-0.1, -0.05) is 71.6 Å². The Morgan fingerprint density at radius 1 is 0.902 bits per heavy atom. The normalized spacial score (nSPS) is 12.2. The molecule has 220 valence electrons. The standard InChI is InChI=1S/C31H37Cl2N3O4S/c1-7-28(31(38)34-20(2)3)35(18-24-11-12-25(32)17-27(24)33)30(37)19-36(29-15-10-22(5)16-23(29)6)41(39,40)26-13-8-21(4)9-14-26/h8-17,20,28H,7,18-19H2,1-6H3,(H,34,38)/t28-/m1/s1. The Kier molecular flexibility index (Phi) is 10.9. The van der Waals surface area contributed by atoms with Crippen LogP contribution in [-0.2, 0) is 26.2 Å². The molecule has 0 saturated carbocycles. The van der Waals surface area contributed by atoms with Crippen molar-refractivity contribution in [2.45, 2.75) is 71.5 Å². The van der Waals surface area contributed by atoms with E-state index in [1.165, 1.54) is 17.0 Å². The topological polar surface area (TPSA) is 86.8 Å². The highest BCUT2D eigenvalue weighted by Crippen LogP contribution is 2.29. The van der Waals surface area contributed by atoms with Crippen molar-refractivity contribution in [3.63, 3.8) is 0 Å². The Balaban J connectivity index is 2.12. The highest BCUT2D eigenvalue weighted by Gasteiger charge is 2.34. The van der Waals surface area contributed by atoms with Gasteiger partial charge in [-0.2, -0.15) is 0 Å². The zero-order chi connectivity index (χ0) is 30.5. The van der Waals surface area contributed by atoms with Gasteiger partial charge in [0, 0.05) is 22.6 Å². The van der Waals surface area contributed by atoms with Crippen molar-refractivity contribution >= 4 is 50.7 Å². The molecule has 0 radical (unpaired) electrons. The second kappa shape index (κ2) is 13.7. The molecule has 3 aromatic carbocycles. The van der Waals surface area contributed by atoms with Crippen molar-refractivity contribution in [3.8, 4) is 0 Å². The lowest BCUT2D eigenvalue weighted by atomic mass is 10.1. The average Bonchev–Trinajstić information content (AvgIpc) is 2.88. The lowest BCUT2D eigenvalue weighted by molar-refractivity contribution is -0.140. The molecule has 2 amide bonds. The SMILES string of the molecule is CC[C@H](C(=O)NC(C)C)N(Cc1ccc(Cl)cc1Cl)C(=O)CN(c1ccc(C)cc1C)S(=O)(=O)c1ccc(C)cc1. The van der Waals surface area contributed by atoms with Crippen molar-refractivity contribution in [3.05, 3.63) is 93.0 Å². The van der Waals surface area contributed by atoms with Crippen LogP contribution >= 0.6 is 23.2 Å². The zero-order valence-electron chi connectivity index (χ0n) is 24.2. The quantitative estimate of drug-likeness (QED) is 0.268. The Labute approximate surface area is 253 Å². The Hall–Kier alpha value is -3.07. The van der Waals surface area contributed by atoms with Gasteiger partial charge in [-0.05, 0) is 82.5 Å². The molecule has 0 unspecified atom stereocenters. The van der Waals surface area contributed by atoms with Gasteiger partial charge in [-0.25, -0.2) is 8.42 Å². The minimum atomic E-state index is -4.15. The minimum absolute atomic E-state index is 0.00977. The van der Waals surface area contributed by atoms with Crippen LogP contribution in [0.2, 0.25) is 10.0 Å². The number of nitrogens with one attached hydrogen (secondary N) is 1. The minimum Gasteiger partial charge on any atom is -0.352 e. The number of carbonyl (C=O) groups excluding carboxylic acids is 2. The molecule has 0 aliphatic carbocycles. The fraction of sp³-hybridized carbons (Fsp3) is 0.355. The summed E-state index contributed by atoms with van der Waals surface area (Å²) < 4.78 is 29.2. The molecule has 0 aliphatic rings. The molecular weight excluding hydrogens is 581 g/mol. The zero-order valence-corrected chi connectivity index (χ0v) is 26.6. The van der Waals surface area contributed by atoms with Crippen LogP contribution in [0.4, 0.5) is 5.69 Å². The highest BCUT2D eigenvalue weighted by molar-refractivity contribution is 7.92. The maximum atomic E-state index is 14.2. The van der Waals surface area contributed by atoms with Crippen molar-refractivity contribution in [2.24, 2.45) is 0 Å². The summed E-state index contributed by atoms with van der Waals surface area (Å²) in [7, 11) is -4.15. The first kappa shape index (κ1) is 32.4. The smallest absolute Gasteiger partial charge is 0.264 e. The molecule has 0 bridgehead atoms. The molecule has 3 aromatic rings. The number of carbonyl (C=O) groups is 2. The van der Waals surface area contributed by atoms with Gasteiger partial charge in [0.15, 0.2) is 0 Å². The number of benzene rings is 3. The van der Waals surface area contributed by atoms with E-state index in [-0.39, 0.29) is 23.4 Å². The Morgan fingerprint density at radius 3 is 2.10 bits per heavy atom. The van der Waals surface area contributed by atoms with E-state index >= 15 is 0 Å². The van der Waals surface area contributed by atoms with Gasteiger partial charge in [-0.15, -0.1) is 0 Å². The number of nitrogens with zero attached hydrogens (tertiary/aromatic N) is 2. The summed E-state index contributed by atoms with van der Waals surface area (Å²) in [5.41, 5.74) is 3.53. The molecule has 7 nitrogen and oxygen atoms in total. The van der Waals surface area contributed by atoms with Crippen molar-refractivity contribution in [1.29, 1.82) is 0 Å². The summed E-state index contributed by atoms with van der Waals surface area (Å²) in [6.45, 7) is 10.5. The summed E-state index contributed by atoms with van der Waals surface area (Å²) in [5, 5.41) is 3.66. The second-order valence-corrected chi connectivity index (χ2v) is 13.2. The first-order chi connectivity index (χ1) is 19.2. The van der Waals surface area contributed by atoms with Gasteiger partial charge in [0.25, 0.3) is 10.0 Å². The molecule has 1 N–H and O–H groups in total. The van der Waals surface area contributed by atoms with Crippen LogP contribution in [0.25, 0.3) is 0 Å². The number of anilines is 1. The van der Waals surface area contributed by atoms with Crippen LogP contribution in [0, 0.1) is 20.8 Å². The molecule has 0 heterocycles. The molecule has 41 heavy (non-hydrogen) atoms. The van der Waals surface area contributed by atoms with Crippen molar-refractivity contribution in [1.82, 2.24) is 10.2 Å². The van der Waals surface area contributed by atoms with Crippen LogP contribution in [0.15, 0.2) is 65.6 Å². The third-order valence-corrected chi connectivity index (χ3v) is 9.04. The molecule has 0 aromatic heterocycles. The summed E-state index contributed by atoms with van der Waals surface area (Å²) in [6.07, 6.45) is 0.309. The third kappa shape index (κ3) is 8.03. The van der Waals surface area contributed by atoms with E-state index in [1.807, 2.05) is 33.8 Å². The van der Waals surface area contributed by atoms with Crippen LogP contribution in [0.3, 0.4) is 0 Å². The number of hydrogen-bond acceptors (Lipinski definition) is 4. The number of sulfonamides is 1. The summed E-state index contributed by atoms with van der Waals surface area (Å²) in [4.78, 5) is 28.9. The fourth-order valence-electron chi connectivity index (χ4n) is 4.57. The number of halogens is 2. The third-order valence-electron chi connectivity index (χ3n) is 6.68. The molecule has 0 spiro atoms. The summed E-state index contributed by atoms with van der Waals surface area (Å²) >= 11 is 12.6. The van der Waals surface area contributed by atoms with E-state index in [1.54, 1.807) is 56.3 Å². The lowest BCUT2D eigenvalue weighted by Crippen LogP contribution is -2.53. The molecule has 10 heteroatoms. The van der Waals surface area contributed by atoms with Gasteiger partial charge in [-0.3, -0.25) is 13.9 Å². The van der Waals surface area contributed by atoms with E-state index in [0.29, 0.717) is 33.3 Å². The van der Waals surface area contributed by atoms with Crippen LogP contribution in [-0.4, -0.2) is 43.8 Å². The molecule has 3 rings (SSSR count). The van der Waals surface area contributed by atoms with E-state index in [2.05, 4.69) is 5.32 Å². The highest BCUT2D eigenvalue weighted by atomic mass is 35.5. The molecular formula is C31H37Cl2N3O4S. The maximum absolute atomic E-state index is 14.2. The fourth-order valence-corrected chi connectivity index (χ4v) is 6.52. The molecule has 1 atom stereocenters. The summed E-state index contributed by atoms with van der Waals surface area (Å²) in [5.74, 6) is -0.877. The number of rotatable bonds is 11. The van der Waals surface area contributed by atoms with Crippen molar-refractivity contribution in [2.75, 3.05) is 10.8 Å². The van der Waals surface area contributed by atoms with E-state index in [0.717, 1.165) is 15.4 Å². The summed E-state index contributed by atoms with van der Waals surface area (Å²) in [6, 6.07) is 15.8.